The fourth-order valence-corrected chi connectivity index (χ4v) is 2.85. The summed E-state index contributed by atoms with van der Waals surface area (Å²) in [4.78, 5) is 10.3. The number of nitrogens with zero attached hydrogens (tertiary/aromatic N) is 1. The minimum atomic E-state index is -3.74. The van der Waals surface area contributed by atoms with Crippen LogP contribution >= 0.6 is 0 Å². The summed E-state index contributed by atoms with van der Waals surface area (Å²) in [6, 6.07) is 3.72. The Morgan fingerprint density at radius 1 is 1.45 bits per heavy atom. The quantitative estimate of drug-likeness (QED) is 0.609. The zero-order valence-electron chi connectivity index (χ0n) is 11.5. The zero-order valence-corrected chi connectivity index (χ0v) is 12.3. The molecule has 7 nitrogen and oxygen atoms in total. The molecule has 0 aliphatic heterocycles. The SMILES string of the molecule is CCC(c1ccc(S(=O)(=O)NC)cc1[N+](=O)[O-])C(C)O. The molecule has 0 aliphatic rings. The molecule has 2 N–H and O–H groups in total. The van der Waals surface area contributed by atoms with Gasteiger partial charge >= 0.3 is 0 Å². The van der Waals surface area contributed by atoms with Crippen molar-refractivity contribution in [3.63, 3.8) is 0 Å². The van der Waals surface area contributed by atoms with E-state index in [2.05, 4.69) is 4.72 Å². The van der Waals surface area contributed by atoms with Crippen LogP contribution in [0.15, 0.2) is 23.1 Å². The maximum Gasteiger partial charge on any atom is 0.274 e. The lowest BCUT2D eigenvalue weighted by molar-refractivity contribution is -0.386. The summed E-state index contributed by atoms with van der Waals surface area (Å²) < 4.78 is 25.5. The molecule has 1 aromatic rings. The molecule has 8 heteroatoms. The number of nitro benzene ring substituents is 1. The number of hydrogen-bond donors (Lipinski definition) is 2. The zero-order chi connectivity index (χ0) is 15.5. The molecule has 0 spiro atoms. The van der Waals surface area contributed by atoms with Crippen LogP contribution < -0.4 is 4.72 Å². The summed E-state index contributed by atoms with van der Waals surface area (Å²) in [5, 5.41) is 20.8. The molecular weight excluding hydrogens is 284 g/mol. The van der Waals surface area contributed by atoms with Crippen molar-refractivity contribution in [2.75, 3.05) is 7.05 Å². The molecule has 112 valence electrons. The molecule has 0 heterocycles. The molecule has 0 aromatic heterocycles. The van der Waals surface area contributed by atoms with Crippen LogP contribution in [0.25, 0.3) is 0 Å². The average Bonchev–Trinajstić information content (AvgIpc) is 2.39. The number of aliphatic hydroxyl groups excluding tert-OH is 1. The van der Waals surface area contributed by atoms with Crippen molar-refractivity contribution >= 4 is 15.7 Å². The van der Waals surface area contributed by atoms with E-state index in [4.69, 9.17) is 0 Å². The first-order valence-electron chi connectivity index (χ1n) is 6.14. The van der Waals surface area contributed by atoms with Crippen LogP contribution in [0, 0.1) is 10.1 Å². The third kappa shape index (κ3) is 3.33. The molecule has 20 heavy (non-hydrogen) atoms. The fourth-order valence-electron chi connectivity index (χ4n) is 2.10. The highest BCUT2D eigenvalue weighted by molar-refractivity contribution is 7.89. The number of nitrogens with one attached hydrogen (secondary N) is 1. The molecule has 0 amide bonds. The summed E-state index contributed by atoms with van der Waals surface area (Å²) in [5.74, 6) is -0.415. The van der Waals surface area contributed by atoms with Crippen molar-refractivity contribution in [1.29, 1.82) is 0 Å². The molecule has 2 atom stereocenters. The smallest absolute Gasteiger partial charge is 0.274 e. The van der Waals surface area contributed by atoms with E-state index in [0.717, 1.165) is 6.07 Å². The number of nitro groups is 1. The predicted molar refractivity (Wildman–Crippen MR) is 74.1 cm³/mol. The summed E-state index contributed by atoms with van der Waals surface area (Å²) in [6.07, 6.45) is -0.248. The van der Waals surface area contributed by atoms with E-state index < -0.39 is 27.0 Å². The van der Waals surface area contributed by atoms with Crippen LogP contribution in [-0.4, -0.2) is 31.6 Å². The fraction of sp³-hybridized carbons (Fsp3) is 0.500. The van der Waals surface area contributed by atoms with Crippen LogP contribution in [0.5, 0.6) is 0 Å². The van der Waals surface area contributed by atoms with Crippen LogP contribution in [0.4, 0.5) is 5.69 Å². The van der Waals surface area contributed by atoms with Gasteiger partial charge in [0.1, 0.15) is 0 Å². The lowest BCUT2D eigenvalue weighted by atomic mass is 9.90. The van der Waals surface area contributed by atoms with Gasteiger partial charge in [-0.1, -0.05) is 13.0 Å². The van der Waals surface area contributed by atoms with Gasteiger partial charge in [-0.3, -0.25) is 10.1 Å². The van der Waals surface area contributed by atoms with Crippen molar-refractivity contribution in [3.8, 4) is 0 Å². The second-order valence-electron chi connectivity index (χ2n) is 4.44. The van der Waals surface area contributed by atoms with Gasteiger partial charge in [0.2, 0.25) is 10.0 Å². The summed E-state index contributed by atoms with van der Waals surface area (Å²) in [5.41, 5.74) is 0.0385. The van der Waals surface area contributed by atoms with Crippen LogP contribution in [0.1, 0.15) is 31.7 Å². The van der Waals surface area contributed by atoms with E-state index >= 15 is 0 Å². The van der Waals surface area contributed by atoms with Crippen molar-refractivity contribution in [1.82, 2.24) is 4.72 Å². The van der Waals surface area contributed by atoms with Gasteiger partial charge in [-0.05, 0) is 26.5 Å². The lowest BCUT2D eigenvalue weighted by Gasteiger charge is -2.18. The van der Waals surface area contributed by atoms with Gasteiger partial charge in [0, 0.05) is 17.5 Å². The average molecular weight is 302 g/mol. The number of benzene rings is 1. The standard InChI is InChI=1S/C12H18N2O5S/c1-4-10(8(2)15)11-6-5-9(20(18,19)13-3)7-12(11)14(16)17/h5-8,10,13,15H,4H2,1-3H3. The van der Waals surface area contributed by atoms with Gasteiger partial charge in [-0.15, -0.1) is 0 Å². The molecule has 0 bridgehead atoms. The van der Waals surface area contributed by atoms with E-state index in [-0.39, 0.29) is 10.6 Å². The Kier molecular flexibility index (Phi) is 5.21. The van der Waals surface area contributed by atoms with E-state index in [1.807, 2.05) is 0 Å². The van der Waals surface area contributed by atoms with E-state index in [9.17, 15) is 23.6 Å². The molecule has 0 saturated carbocycles. The topological polar surface area (TPSA) is 110 Å². The number of aliphatic hydroxyl groups is 1. The molecule has 0 aliphatic carbocycles. The summed E-state index contributed by atoms with van der Waals surface area (Å²) in [7, 11) is -2.50. The third-order valence-electron chi connectivity index (χ3n) is 3.20. The van der Waals surface area contributed by atoms with E-state index in [1.54, 1.807) is 13.8 Å². The molecule has 1 aromatic carbocycles. The Morgan fingerprint density at radius 3 is 2.45 bits per heavy atom. The van der Waals surface area contributed by atoms with Gasteiger partial charge in [0.15, 0.2) is 0 Å². The molecule has 0 saturated heterocycles. The van der Waals surface area contributed by atoms with Gasteiger partial charge in [0.05, 0.1) is 15.9 Å². The summed E-state index contributed by atoms with van der Waals surface area (Å²) >= 11 is 0. The van der Waals surface area contributed by atoms with E-state index in [1.165, 1.54) is 19.2 Å². The summed E-state index contributed by atoms with van der Waals surface area (Å²) in [6.45, 7) is 3.36. The highest BCUT2D eigenvalue weighted by Crippen LogP contribution is 2.33. The van der Waals surface area contributed by atoms with Gasteiger partial charge in [-0.2, -0.15) is 0 Å². The number of rotatable bonds is 6. The highest BCUT2D eigenvalue weighted by atomic mass is 32.2. The van der Waals surface area contributed by atoms with E-state index in [0.29, 0.717) is 12.0 Å². The Labute approximate surface area is 117 Å². The Balaban J connectivity index is 3.46. The Hall–Kier alpha value is -1.51. The van der Waals surface area contributed by atoms with Crippen molar-refractivity contribution in [3.05, 3.63) is 33.9 Å². The second-order valence-corrected chi connectivity index (χ2v) is 6.33. The Bertz CT molecular complexity index is 598. The maximum absolute atomic E-state index is 11.7. The first-order valence-corrected chi connectivity index (χ1v) is 7.62. The second kappa shape index (κ2) is 6.29. The van der Waals surface area contributed by atoms with Gasteiger partial charge in [0.25, 0.3) is 5.69 Å². The third-order valence-corrected chi connectivity index (χ3v) is 4.61. The minimum Gasteiger partial charge on any atom is -0.393 e. The first kappa shape index (κ1) is 16.5. The molecular formula is C12H18N2O5S. The molecule has 1 rings (SSSR count). The normalized spacial score (nSPS) is 14.8. The van der Waals surface area contributed by atoms with Crippen LogP contribution in [0.3, 0.4) is 0 Å². The number of hydrogen-bond acceptors (Lipinski definition) is 5. The van der Waals surface area contributed by atoms with Crippen LogP contribution in [-0.2, 0) is 10.0 Å². The highest BCUT2D eigenvalue weighted by Gasteiger charge is 2.26. The maximum atomic E-state index is 11.7. The van der Waals surface area contributed by atoms with Gasteiger partial charge in [-0.25, -0.2) is 13.1 Å². The van der Waals surface area contributed by atoms with Crippen molar-refractivity contribution < 1.29 is 18.4 Å². The molecule has 0 radical (unpaired) electrons. The molecule has 0 fully saturated rings. The monoisotopic (exact) mass is 302 g/mol. The predicted octanol–water partition coefficient (Wildman–Crippen LogP) is 1.38. The van der Waals surface area contributed by atoms with Crippen molar-refractivity contribution in [2.24, 2.45) is 0 Å². The Morgan fingerprint density at radius 2 is 2.05 bits per heavy atom. The van der Waals surface area contributed by atoms with Gasteiger partial charge < -0.3 is 5.11 Å². The minimum absolute atomic E-state index is 0.170. The largest absolute Gasteiger partial charge is 0.393 e. The molecule has 2 unspecified atom stereocenters. The van der Waals surface area contributed by atoms with Crippen molar-refractivity contribution in [2.45, 2.75) is 37.2 Å². The number of sulfonamides is 1. The van der Waals surface area contributed by atoms with Crippen LogP contribution in [0.2, 0.25) is 0 Å². The first-order chi connectivity index (χ1) is 9.24. The lowest BCUT2D eigenvalue weighted by Crippen LogP contribution is -2.20.